The number of pyridine rings is 1. The van der Waals surface area contributed by atoms with Gasteiger partial charge in [-0.1, -0.05) is 0 Å². The van der Waals surface area contributed by atoms with Gasteiger partial charge < -0.3 is 4.74 Å². The monoisotopic (exact) mass is 381 g/mol. The van der Waals surface area contributed by atoms with Gasteiger partial charge in [0.25, 0.3) is 6.43 Å². The largest absolute Gasteiger partial charge is 0.465 e. The molecule has 1 rings (SSSR count). The van der Waals surface area contributed by atoms with Crippen molar-refractivity contribution in [3.63, 3.8) is 0 Å². The Hall–Kier alpha value is -1.00. The molecular formula is C9H5F5INO2. The zero-order valence-corrected chi connectivity index (χ0v) is 10.8. The van der Waals surface area contributed by atoms with Crippen LogP contribution in [0.15, 0.2) is 6.07 Å². The Morgan fingerprint density at radius 1 is 1.44 bits per heavy atom. The van der Waals surface area contributed by atoms with Crippen LogP contribution >= 0.6 is 22.6 Å². The van der Waals surface area contributed by atoms with Crippen LogP contribution in [-0.4, -0.2) is 18.1 Å². The molecule has 0 aliphatic rings. The summed E-state index contributed by atoms with van der Waals surface area (Å²) in [7, 11) is 0.933. The number of esters is 1. The van der Waals surface area contributed by atoms with Gasteiger partial charge >= 0.3 is 12.1 Å². The van der Waals surface area contributed by atoms with E-state index in [2.05, 4.69) is 9.72 Å². The molecule has 0 bridgehead atoms. The number of methoxy groups -OCH3 is 1. The van der Waals surface area contributed by atoms with Gasteiger partial charge in [-0.3, -0.25) is 0 Å². The summed E-state index contributed by atoms with van der Waals surface area (Å²) in [6.45, 7) is 0. The number of carbonyl (C=O) groups is 1. The minimum absolute atomic E-state index is 0.454. The molecule has 0 amide bonds. The maximum Gasteiger partial charge on any atom is 0.434 e. The van der Waals surface area contributed by atoms with E-state index in [4.69, 9.17) is 0 Å². The number of nitrogens with zero attached hydrogens (tertiary/aromatic N) is 1. The molecule has 18 heavy (non-hydrogen) atoms. The molecule has 0 atom stereocenters. The van der Waals surface area contributed by atoms with Gasteiger partial charge in [0.2, 0.25) is 0 Å². The number of hydrogen-bond donors (Lipinski definition) is 0. The van der Waals surface area contributed by atoms with Crippen LogP contribution in [0.3, 0.4) is 0 Å². The van der Waals surface area contributed by atoms with Crippen LogP contribution in [0.5, 0.6) is 0 Å². The van der Waals surface area contributed by atoms with Crippen LogP contribution < -0.4 is 0 Å². The average molecular weight is 381 g/mol. The van der Waals surface area contributed by atoms with E-state index in [-0.39, 0.29) is 0 Å². The zero-order valence-electron chi connectivity index (χ0n) is 8.69. The number of rotatable bonds is 2. The van der Waals surface area contributed by atoms with Crippen molar-refractivity contribution >= 4 is 28.6 Å². The first kappa shape index (κ1) is 15.1. The Morgan fingerprint density at radius 3 is 2.39 bits per heavy atom. The van der Waals surface area contributed by atoms with Crippen molar-refractivity contribution in [3.8, 4) is 0 Å². The molecule has 0 aromatic carbocycles. The van der Waals surface area contributed by atoms with E-state index in [1.54, 1.807) is 0 Å². The molecule has 0 radical (unpaired) electrons. The summed E-state index contributed by atoms with van der Waals surface area (Å²) in [6, 6.07) is 0.684. The Kier molecular flexibility index (Phi) is 4.46. The first-order chi connectivity index (χ1) is 8.18. The van der Waals surface area contributed by atoms with E-state index in [0.29, 0.717) is 6.07 Å². The smallest absolute Gasteiger partial charge is 0.434 e. The Morgan fingerprint density at radius 2 is 2.00 bits per heavy atom. The molecule has 1 aromatic heterocycles. The molecule has 100 valence electrons. The highest BCUT2D eigenvalue weighted by atomic mass is 127. The second kappa shape index (κ2) is 5.33. The molecule has 9 heteroatoms. The van der Waals surface area contributed by atoms with E-state index < -0.39 is 39.1 Å². The zero-order chi connectivity index (χ0) is 14.1. The lowest BCUT2D eigenvalue weighted by molar-refractivity contribution is -0.142. The summed E-state index contributed by atoms with van der Waals surface area (Å²) < 4.78 is 66.4. The number of aromatic nitrogens is 1. The first-order valence-corrected chi connectivity index (χ1v) is 5.40. The topological polar surface area (TPSA) is 39.2 Å². The Balaban J connectivity index is 3.49. The van der Waals surface area contributed by atoms with Crippen molar-refractivity contribution < 1.29 is 31.5 Å². The number of ether oxygens (including phenoxy) is 1. The van der Waals surface area contributed by atoms with Crippen molar-refractivity contribution in [1.29, 1.82) is 0 Å². The summed E-state index contributed by atoms with van der Waals surface area (Å²) >= 11 is 1.27. The SMILES string of the molecule is COC(=O)c1cc(I)c(C(F)(F)F)nc1C(F)F. The van der Waals surface area contributed by atoms with Crippen molar-refractivity contribution in [3.05, 3.63) is 26.6 Å². The molecule has 0 spiro atoms. The van der Waals surface area contributed by atoms with Crippen LogP contribution in [-0.2, 0) is 10.9 Å². The molecule has 3 nitrogen and oxygen atoms in total. The van der Waals surface area contributed by atoms with Gasteiger partial charge in [-0.25, -0.2) is 18.6 Å². The van der Waals surface area contributed by atoms with Crippen LogP contribution in [0.4, 0.5) is 22.0 Å². The van der Waals surface area contributed by atoms with Crippen molar-refractivity contribution in [2.24, 2.45) is 0 Å². The minimum atomic E-state index is -4.87. The van der Waals surface area contributed by atoms with Gasteiger partial charge in [0.1, 0.15) is 5.69 Å². The third kappa shape index (κ3) is 3.06. The number of halogens is 6. The molecule has 1 aromatic rings. The minimum Gasteiger partial charge on any atom is -0.465 e. The lowest BCUT2D eigenvalue weighted by atomic mass is 10.1. The fourth-order valence-corrected chi connectivity index (χ4v) is 1.88. The Bertz CT molecular complexity index is 475. The lowest BCUT2D eigenvalue weighted by Crippen LogP contribution is -2.16. The number of carbonyl (C=O) groups excluding carboxylic acids is 1. The quantitative estimate of drug-likeness (QED) is 0.448. The highest BCUT2D eigenvalue weighted by Gasteiger charge is 2.37. The summed E-state index contributed by atoms with van der Waals surface area (Å²) in [5.74, 6) is -1.16. The molecular weight excluding hydrogens is 376 g/mol. The van der Waals surface area contributed by atoms with Gasteiger partial charge in [-0.15, -0.1) is 0 Å². The van der Waals surface area contributed by atoms with Crippen LogP contribution in [0.25, 0.3) is 0 Å². The van der Waals surface area contributed by atoms with Gasteiger partial charge in [0, 0.05) is 3.57 Å². The summed E-state index contributed by atoms with van der Waals surface area (Å²) in [5, 5.41) is 0. The molecule has 0 fully saturated rings. The van der Waals surface area contributed by atoms with Crippen LogP contribution in [0, 0.1) is 3.57 Å². The lowest BCUT2D eigenvalue weighted by Gasteiger charge is -2.12. The molecule has 0 unspecified atom stereocenters. The third-order valence-electron chi connectivity index (χ3n) is 1.89. The molecule has 0 saturated heterocycles. The maximum atomic E-state index is 12.6. The molecule has 1 heterocycles. The van der Waals surface area contributed by atoms with Crippen LogP contribution in [0.1, 0.15) is 28.2 Å². The second-order valence-corrected chi connectivity index (χ2v) is 4.20. The number of alkyl halides is 5. The molecule has 0 aliphatic heterocycles. The van der Waals surface area contributed by atoms with E-state index >= 15 is 0 Å². The van der Waals surface area contributed by atoms with Gasteiger partial charge in [0.05, 0.1) is 12.7 Å². The van der Waals surface area contributed by atoms with Gasteiger partial charge in [-0.2, -0.15) is 13.2 Å². The molecule has 0 saturated carbocycles. The van der Waals surface area contributed by atoms with E-state index in [0.717, 1.165) is 7.11 Å². The molecule has 0 aliphatic carbocycles. The van der Waals surface area contributed by atoms with Crippen molar-refractivity contribution in [2.45, 2.75) is 12.6 Å². The maximum absolute atomic E-state index is 12.6. The van der Waals surface area contributed by atoms with Crippen LogP contribution in [0.2, 0.25) is 0 Å². The van der Waals surface area contributed by atoms with E-state index in [1.165, 1.54) is 22.6 Å². The van der Waals surface area contributed by atoms with Crippen molar-refractivity contribution in [2.75, 3.05) is 7.11 Å². The summed E-state index contributed by atoms with van der Waals surface area (Å²) in [4.78, 5) is 14.0. The van der Waals surface area contributed by atoms with Crippen molar-refractivity contribution in [1.82, 2.24) is 4.98 Å². The summed E-state index contributed by atoms with van der Waals surface area (Å²) in [5.41, 5.74) is -3.37. The summed E-state index contributed by atoms with van der Waals surface area (Å²) in [6.07, 6.45) is -8.17. The normalized spacial score (nSPS) is 11.8. The Labute approximate surface area is 111 Å². The average Bonchev–Trinajstić information content (AvgIpc) is 2.25. The first-order valence-electron chi connectivity index (χ1n) is 4.32. The number of hydrogen-bond acceptors (Lipinski definition) is 3. The molecule has 0 N–H and O–H groups in total. The fraction of sp³-hybridized carbons (Fsp3) is 0.333. The predicted octanol–water partition coefficient (Wildman–Crippen LogP) is 3.43. The predicted molar refractivity (Wildman–Crippen MR) is 58.3 cm³/mol. The highest BCUT2D eigenvalue weighted by molar-refractivity contribution is 14.1. The van der Waals surface area contributed by atoms with Gasteiger partial charge in [0.15, 0.2) is 5.69 Å². The van der Waals surface area contributed by atoms with E-state index in [1.807, 2.05) is 0 Å². The van der Waals surface area contributed by atoms with Gasteiger partial charge in [-0.05, 0) is 28.7 Å². The standard InChI is InChI=1S/C9H5F5INO2/c1-18-8(17)3-2-4(15)6(9(12,13)14)16-5(3)7(10)11/h2,7H,1H3. The van der Waals surface area contributed by atoms with E-state index in [9.17, 15) is 26.7 Å². The second-order valence-electron chi connectivity index (χ2n) is 3.04. The third-order valence-corrected chi connectivity index (χ3v) is 2.71. The fourth-order valence-electron chi connectivity index (χ4n) is 1.14. The highest BCUT2D eigenvalue weighted by Crippen LogP contribution is 2.34.